The van der Waals surface area contributed by atoms with Crippen molar-refractivity contribution in [2.75, 3.05) is 6.61 Å². The molecular formula is C23H27NaO4. The zero-order valence-electron chi connectivity index (χ0n) is 16.9. The number of ether oxygens (including phenoxy) is 1. The number of aliphatic hydroxyl groups excluding tert-OH is 1. The van der Waals surface area contributed by atoms with Crippen LogP contribution in [-0.2, 0) is 4.79 Å². The number of benzene rings is 1. The Morgan fingerprint density at radius 2 is 2.11 bits per heavy atom. The average molecular weight is 390 g/mol. The zero-order chi connectivity index (χ0) is 19.3. The van der Waals surface area contributed by atoms with E-state index in [2.05, 4.69) is 17.9 Å². The van der Waals surface area contributed by atoms with E-state index in [-0.39, 0.29) is 53.4 Å². The third-order valence-electron chi connectivity index (χ3n) is 5.70. The standard InChI is InChI=1S/C23H28O4.Na/c1-2-4-19(13-22(25)26)18-6-8-21(9-7-18)27-16-17-5-3-11-23(14-17)12-10-20(24)15-23;/h6-9,14,19-20,24H,3,5,10-13,15-16H2,1H3,(H,25,26);/q;+1/p-1/t19-,20-,23+;/m0./s1. The van der Waals surface area contributed by atoms with Crippen LogP contribution in [0.15, 0.2) is 35.9 Å². The summed E-state index contributed by atoms with van der Waals surface area (Å²) in [6, 6.07) is 7.48. The van der Waals surface area contributed by atoms with E-state index in [1.165, 1.54) is 12.0 Å². The van der Waals surface area contributed by atoms with Crippen LogP contribution in [0.2, 0.25) is 0 Å². The van der Waals surface area contributed by atoms with Crippen LogP contribution in [0.1, 0.15) is 63.4 Å². The summed E-state index contributed by atoms with van der Waals surface area (Å²) >= 11 is 0. The Kier molecular flexibility index (Phi) is 8.64. The molecule has 3 atom stereocenters. The summed E-state index contributed by atoms with van der Waals surface area (Å²) in [7, 11) is 0. The summed E-state index contributed by atoms with van der Waals surface area (Å²) in [5.74, 6) is 5.02. The predicted molar refractivity (Wildman–Crippen MR) is 102 cm³/mol. The molecule has 1 N–H and O–H groups in total. The molecule has 4 nitrogen and oxygen atoms in total. The first-order valence-corrected chi connectivity index (χ1v) is 9.73. The summed E-state index contributed by atoms with van der Waals surface area (Å²) in [6.45, 7) is 2.27. The molecule has 144 valence electrons. The van der Waals surface area contributed by atoms with E-state index in [0.717, 1.165) is 43.4 Å². The van der Waals surface area contributed by atoms with Crippen LogP contribution >= 0.6 is 0 Å². The van der Waals surface area contributed by atoms with Gasteiger partial charge in [-0.3, -0.25) is 0 Å². The van der Waals surface area contributed by atoms with Gasteiger partial charge in [-0.15, -0.1) is 5.92 Å². The molecule has 1 spiro atoms. The van der Waals surface area contributed by atoms with Crippen molar-refractivity contribution in [3.63, 3.8) is 0 Å². The molecule has 2 aliphatic carbocycles. The van der Waals surface area contributed by atoms with Crippen molar-refractivity contribution >= 4 is 5.97 Å². The number of aliphatic hydroxyl groups is 1. The first-order valence-electron chi connectivity index (χ1n) is 9.73. The maximum absolute atomic E-state index is 10.9. The van der Waals surface area contributed by atoms with Crippen LogP contribution in [0, 0.1) is 17.3 Å². The quantitative estimate of drug-likeness (QED) is 0.420. The van der Waals surface area contributed by atoms with Crippen LogP contribution in [0.3, 0.4) is 0 Å². The number of carboxylic acid groups (broad SMARTS) is 1. The van der Waals surface area contributed by atoms with E-state index in [1.807, 2.05) is 24.3 Å². The zero-order valence-corrected chi connectivity index (χ0v) is 18.9. The fraction of sp³-hybridized carbons (Fsp3) is 0.522. The normalized spacial score (nSPS) is 24.5. The van der Waals surface area contributed by atoms with Gasteiger partial charge in [0.2, 0.25) is 0 Å². The third kappa shape index (κ3) is 6.12. The second-order valence-electron chi connectivity index (χ2n) is 7.80. The van der Waals surface area contributed by atoms with E-state index >= 15 is 0 Å². The average Bonchev–Trinajstić information content (AvgIpc) is 2.99. The van der Waals surface area contributed by atoms with Crippen molar-refractivity contribution in [3.8, 4) is 17.6 Å². The summed E-state index contributed by atoms with van der Waals surface area (Å²) < 4.78 is 5.96. The maximum Gasteiger partial charge on any atom is 1.00 e. The monoisotopic (exact) mass is 390 g/mol. The molecule has 5 heteroatoms. The number of aliphatic carboxylic acids is 1. The minimum atomic E-state index is -1.10. The topological polar surface area (TPSA) is 69.6 Å². The van der Waals surface area contributed by atoms with Gasteiger partial charge in [-0.05, 0) is 74.1 Å². The van der Waals surface area contributed by atoms with Gasteiger partial charge in [-0.25, -0.2) is 0 Å². The SMILES string of the molecule is CC#C[C@@H](CC(=O)[O-])c1ccc(OCC2=C[C@@]3(CCC2)CC[C@H](O)C3)cc1.[Na+]. The van der Waals surface area contributed by atoms with E-state index < -0.39 is 5.97 Å². The summed E-state index contributed by atoms with van der Waals surface area (Å²) in [5, 5.41) is 20.8. The van der Waals surface area contributed by atoms with E-state index in [4.69, 9.17) is 4.74 Å². The van der Waals surface area contributed by atoms with Gasteiger partial charge in [0.1, 0.15) is 12.4 Å². The minimum Gasteiger partial charge on any atom is -0.550 e. The van der Waals surface area contributed by atoms with Crippen molar-refractivity contribution in [2.24, 2.45) is 5.41 Å². The fourth-order valence-electron chi connectivity index (χ4n) is 4.41. The number of allylic oxidation sites excluding steroid dienone is 1. The van der Waals surface area contributed by atoms with Crippen molar-refractivity contribution in [1.29, 1.82) is 0 Å². The molecule has 0 aromatic heterocycles. The molecule has 0 aliphatic heterocycles. The van der Waals surface area contributed by atoms with Gasteiger partial charge in [0.25, 0.3) is 0 Å². The molecule has 28 heavy (non-hydrogen) atoms. The van der Waals surface area contributed by atoms with Crippen LogP contribution in [0.5, 0.6) is 5.75 Å². The number of rotatable bonds is 6. The largest absolute Gasteiger partial charge is 1.00 e. The number of hydrogen-bond donors (Lipinski definition) is 1. The third-order valence-corrected chi connectivity index (χ3v) is 5.70. The van der Waals surface area contributed by atoms with Crippen LogP contribution in [0.4, 0.5) is 0 Å². The Labute approximate surface area is 189 Å². The Hall–Kier alpha value is -1.25. The molecule has 0 saturated heterocycles. The number of carbonyl (C=O) groups is 1. The molecule has 0 radical (unpaired) electrons. The van der Waals surface area contributed by atoms with Crippen LogP contribution < -0.4 is 39.4 Å². The van der Waals surface area contributed by atoms with Gasteiger partial charge >= 0.3 is 29.6 Å². The van der Waals surface area contributed by atoms with Crippen molar-refractivity contribution < 1.29 is 49.3 Å². The smallest absolute Gasteiger partial charge is 0.550 e. The van der Waals surface area contributed by atoms with Crippen LogP contribution in [0.25, 0.3) is 0 Å². The first-order chi connectivity index (χ1) is 13.0. The Balaban J connectivity index is 0.00000280. The Bertz CT molecular complexity index is 759. The second-order valence-corrected chi connectivity index (χ2v) is 7.80. The fourth-order valence-corrected chi connectivity index (χ4v) is 4.41. The molecule has 0 heterocycles. The van der Waals surface area contributed by atoms with Gasteiger partial charge in [0, 0.05) is 12.4 Å². The molecule has 2 aliphatic rings. The molecule has 0 bridgehead atoms. The van der Waals surface area contributed by atoms with Crippen molar-refractivity contribution in [1.82, 2.24) is 0 Å². The molecule has 1 saturated carbocycles. The van der Waals surface area contributed by atoms with E-state index in [1.54, 1.807) is 6.92 Å². The van der Waals surface area contributed by atoms with Gasteiger partial charge in [0.05, 0.1) is 12.0 Å². The summed E-state index contributed by atoms with van der Waals surface area (Å²) in [5.41, 5.74) is 2.35. The van der Waals surface area contributed by atoms with Gasteiger partial charge in [-0.2, -0.15) is 0 Å². The van der Waals surface area contributed by atoms with Gasteiger partial charge < -0.3 is 19.7 Å². The Morgan fingerprint density at radius 3 is 2.71 bits per heavy atom. The molecule has 1 aromatic carbocycles. The summed E-state index contributed by atoms with van der Waals surface area (Å²) in [4.78, 5) is 10.9. The molecule has 0 unspecified atom stereocenters. The van der Waals surface area contributed by atoms with Crippen LogP contribution in [-0.4, -0.2) is 23.8 Å². The minimum absolute atomic E-state index is 0. The molecule has 1 fully saturated rings. The maximum atomic E-state index is 10.9. The van der Waals surface area contributed by atoms with Crippen molar-refractivity contribution in [2.45, 2.75) is 63.9 Å². The molecule has 1 aromatic rings. The number of hydrogen-bond acceptors (Lipinski definition) is 4. The van der Waals surface area contributed by atoms with E-state index in [9.17, 15) is 15.0 Å². The number of carboxylic acids is 1. The van der Waals surface area contributed by atoms with Gasteiger partial charge in [-0.1, -0.05) is 24.1 Å². The molecule has 3 rings (SSSR count). The number of carbonyl (C=O) groups excluding carboxylic acids is 1. The second kappa shape index (κ2) is 10.5. The Morgan fingerprint density at radius 1 is 1.36 bits per heavy atom. The van der Waals surface area contributed by atoms with Crippen molar-refractivity contribution in [3.05, 3.63) is 41.5 Å². The summed E-state index contributed by atoms with van der Waals surface area (Å²) in [6.07, 6.45) is 8.32. The van der Waals surface area contributed by atoms with Gasteiger partial charge in [0.15, 0.2) is 0 Å². The predicted octanol–water partition coefficient (Wildman–Crippen LogP) is -0.0422. The first kappa shape index (κ1) is 23.0. The van der Waals surface area contributed by atoms with E-state index in [0.29, 0.717) is 6.61 Å². The molecule has 0 amide bonds. The molecular weight excluding hydrogens is 363 g/mol.